The van der Waals surface area contributed by atoms with Crippen LogP contribution in [0.2, 0.25) is 0 Å². The molecule has 0 atom stereocenters. The van der Waals surface area contributed by atoms with Gasteiger partial charge in [0.05, 0.1) is 5.52 Å². The second-order valence-electron chi connectivity index (χ2n) is 7.93. The summed E-state index contributed by atoms with van der Waals surface area (Å²) in [5.41, 5.74) is 6.87. The number of alkyl halides is 3. The molecule has 0 spiro atoms. The predicted molar refractivity (Wildman–Crippen MR) is 115 cm³/mol. The minimum absolute atomic E-state index is 0.0476. The number of aryl methyl sites for hydroxylation is 1. The number of amides is 1. The van der Waals surface area contributed by atoms with Crippen molar-refractivity contribution in [2.24, 2.45) is 0 Å². The van der Waals surface area contributed by atoms with E-state index < -0.39 is 23.6 Å². The van der Waals surface area contributed by atoms with E-state index in [2.05, 4.69) is 10.3 Å². The molecule has 9 heteroatoms. The number of hydrogen-bond acceptors (Lipinski definition) is 4. The quantitative estimate of drug-likeness (QED) is 0.446. The van der Waals surface area contributed by atoms with Crippen LogP contribution in [0.3, 0.4) is 0 Å². The molecular weight excluding hydrogens is 424 g/mol. The number of nitrogens with zero attached hydrogens (tertiary/aromatic N) is 2. The van der Waals surface area contributed by atoms with E-state index in [4.69, 9.17) is 5.73 Å². The maximum atomic E-state index is 14.1. The summed E-state index contributed by atoms with van der Waals surface area (Å²) < 4.78 is 54.2. The summed E-state index contributed by atoms with van der Waals surface area (Å²) in [5.74, 6) is -0.986. The maximum Gasteiger partial charge on any atom is 0.433 e. The van der Waals surface area contributed by atoms with E-state index in [-0.39, 0.29) is 17.6 Å². The second kappa shape index (κ2) is 8.29. The Bertz CT molecular complexity index is 1190. The summed E-state index contributed by atoms with van der Waals surface area (Å²) in [5, 5.41) is 3.13. The SMILES string of the molecule is Cc1cc(CNC(=O)c2ccc3nc(C(F)(F)F)cc(N4CCCC4)c3c2)c(F)cc1N. The van der Waals surface area contributed by atoms with Crippen LogP contribution in [0.1, 0.15) is 40.0 Å². The van der Waals surface area contributed by atoms with E-state index in [1.807, 2.05) is 4.90 Å². The first kappa shape index (κ1) is 21.9. The van der Waals surface area contributed by atoms with Crippen molar-refractivity contribution in [1.82, 2.24) is 10.3 Å². The number of carbonyl (C=O) groups is 1. The molecule has 3 aromatic rings. The lowest BCUT2D eigenvalue weighted by molar-refractivity contribution is -0.140. The number of carbonyl (C=O) groups excluding carboxylic acids is 1. The van der Waals surface area contributed by atoms with E-state index in [1.165, 1.54) is 24.3 Å². The molecule has 1 aliphatic heterocycles. The molecule has 0 saturated carbocycles. The van der Waals surface area contributed by atoms with Gasteiger partial charge in [-0.15, -0.1) is 0 Å². The van der Waals surface area contributed by atoms with Gasteiger partial charge in [-0.2, -0.15) is 13.2 Å². The molecule has 0 radical (unpaired) electrons. The van der Waals surface area contributed by atoms with Gasteiger partial charge in [-0.1, -0.05) is 0 Å². The van der Waals surface area contributed by atoms with Crippen LogP contribution in [0.4, 0.5) is 28.9 Å². The first-order chi connectivity index (χ1) is 15.1. The van der Waals surface area contributed by atoms with E-state index >= 15 is 0 Å². The van der Waals surface area contributed by atoms with Crippen molar-refractivity contribution < 1.29 is 22.4 Å². The number of pyridine rings is 1. The molecule has 0 unspecified atom stereocenters. The third kappa shape index (κ3) is 4.32. The van der Waals surface area contributed by atoms with Crippen LogP contribution in [0.15, 0.2) is 36.4 Å². The molecule has 32 heavy (non-hydrogen) atoms. The molecule has 1 amide bonds. The minimum Gasteiger partial charge on any atom is -0.398 e. The fourth-order valence-electron chi connectivity index (χ4n) is 3.88. The summed E-state index contributed by atoms with van der Waals surface area (Å²) in [4.78, 5) is 18.4. The van der Waals surface area contributed by atoms with Crippen LogP contribution in [-0.4, -0.2) is 24.0 Å². The number of anilines is 2. The van der Waals surface area contributed by atoms with Crippen LogP contribution in [0, 0.1) is 12.7 Å². The number of nitrogen functional groups attached to an aromatic ring is 1. The van der Waals surface area contributed by atoms with Gasteiger partial charge in [-0.05, 0) is 61.7 Å². The third-order valence-electron chi connectivity index (χ3n) is 5.66. The number of nitrogens with two attached hydrogens (primary N) is 1. The second-order valence-corrected chi connectivity index (χ2v) is 7.93. The average Bonchev–Trinajstić information content (AvgIpc) is 3.28. The van der Waals surface area contributed by atoms with Crippen LogP contribution >= 0.6 is 0 Å². The average molecular weight is 446 g/mol. The Kier molecular flexibility index (Phi) is 5.66. The highest BCUT2D eigenvalue weighted by Crippen LogP contribution is 2.36. The molecule has 0 bridgehead atoms. The zero-order chi connectivity index (χ0) is 23.0. The predicted octanol–water partition coefficient (Wildman–Crippen LogP) is 4.81. The molecule has 1 aromatic heterocycles. The van der Waals surface area contributed by atoms with E-state index in [1.54, 1.807) is 13.0 Å². The van der Waals surface area contributed by atoms with Gasteiger partial charge < -0.3 is 16.0 Å². The Hall–Kier alpha value is -3.36. The van der Waals surface area contributed by atoms with Crippen molar-refractivity contribution in [2.45, 2.75) is 32.5 Å². The van der Waals surface area contributed by atoms with Crippen molar-refractivity contribution in [3.63, 3.8) is 0 Å². The number of hydrogen-bond donors (Lipinski definition) is 2. The highest BCUT2D eigenvalue weighted by atomic mass is 19.4. The minimum atomic E-state index is -4.57. The highest BCUT2D eigenvalue weighted by molar-refractivity contribution is 6.01. The van der Waals surface area contributed by atoms with Crippen molar-refractivity contribution in [2.75, 3.05) is 23.7 Å². The largest absolute Gasteiger partial charge is 0.433 e. The Balaban J connectivity index is 1.65. The van der Waals surface area contributed by atoms with Crippen LogP contribution < -0.4 is 16.0 Å². The monoisotopic (exact) mass is 446 g/mol. The number of nitrogens with one attached hydrogen (secondary N) is 1. The molecule has 5 nitrogen and oxygen atoms in total. The Morgan fingerprint density at radius 3 is 2.56 bits per heavy atom. The molecule has 168 valence electrons. The lowest BCUT2D eigenvalue weighted by Gasteiger charge is -2.21. The van der Waals surface area contributed by atoms with Crippen LogP contribution in [-0.2, 0) is 12.7 Å². The number of aromatic nitrogens is 1. The van der Waals surface area contributed by atoms with E-state index in [0.29, 0.717) is 41.0 Å². The van der Waals surface area contributed by atoms with Gasteiger partial charge >= 0.3 is 6.18 Å². The molecule has 1 fully saturated rings. The smallest absolute Gasteiger partial charge is 0.398 e. The summed E-state index contributed by atoms with van der Waals surface area (Å²) in [6.45, 7) is 2.98. The van der Waals surface area contributed by atoms with Crippen LogP contribution in [0.25, 0.3) is 10.9 Å². The molecule has 1 saturated heterocycles. The first-order valence-corrected chi connectivity index (χ1v) is 10.2. The van der Waals surface area contributed by atoms with Gasteiger partial charge in [-0.25, -0.2) is 9.37 Å². The molecule has 2 heterocycles. The van der Waals surface area contributed by atoms with Crippen molar-refractivity contribution in [3.8, 4) is 0 Å². The molecule has 1 aliphatic rings. The third-order valence-corrected chi connectivity index (χ3v) is 5.66. The fourth-order valence-corrected chi connectivity index (χ4v) is 3.88. The zero-order valence-electron chi connectivity index (χ0n) is 17.4. The molecule has 2 aromatic carbocycles. The highest BCUT2D eigenvalue weighted by Gasteiger charge is 2.34. The van der Waals surface area contributed by atoms with Gasteiger partial charge in [0.25, 0.3) is 5.91 Å². The number of benzene rings is 2. The lowest BCUT2D eigenvalue weighted by Crippen LogP contribution is -2.24. The van der Waals surface area contributed by atoms with Crippen molar-refractivity contribution >= 4 is 28.2 Å². The Labute approximate surface area is 182 Å². The summed E-state index contributed by atoms with van der Waals surface area (Å²) in [7, 11) is 0. The summed E-state index contributed by atoms with van der Waals surface area (Å²) >= 11 is 0. The molecule has 4 rings (SSSR count). The van der Waals surface area contributed by atoms with Crippen LogP contribution in [0.5, 0.6) is 0 Å². The fraction of sp³-hybridized carbons (Fsp3) is 0.304. The summed E-state index contributed by atoms with van der Waals surface area (Å²) in [6, 6.07) is 8.19. The number of fused-ring (bicyclic) bond motifs is 1. The van der Waals surface area contributed by atoms with Crippen molar-refractivity contribution in [1.29, 1.82) is 0 Å². The first-order valence-electron chi connectivity index (χ1n) is 10.2. The number of rotatable bonds is 4. The lowest BCUT2D eigenvalue weighted by atomic mass is 10.1. The van der Waals surface area contributed by atoms with Gasteiger partial charge in [0.15, 0.2) is 0 Å². The van der Waals surface area contributed by atoms with Gasteiger partial charge in [0.2, 0.25) is 0 Å². The molecule has 0 aliphatic carbocycles. The number of halogens is 4. The normalized spacial score (nSPS) is 14.2. The summed E-state index contributed by atoms with van der Waals surface area (Å²) in [6.07, 6.45) is -2.80. The van der Waals surface area contributed by atoms with Gasteiger partial charge in [0, 0.05) is 47.5 Å². The standard InChI is InChI=1S/C23H22F4N4O/c1-13-8-15(17(24)10-18(13)28)12-29-22(32)14-4-5-19-16(9-14)20(31-6-2-3-7-31)11-21(30-19)23(25,26)27/h4-5,8-11H,2-3,6-7,12,28H2,1H3,(H,29,32). The zero-order valence-corrected chi connectivity index (χ0v) is 17.4. The molecular formula is C23H22F4N4O. The van der Waals surface area contributed by atoms with Gasteiger partial charge in [-0.3, -0.25) is 4.79 Å². The topological polar surface area (TPSA) is 71.2 Å². The Morgan fingerprint density at radius 2 is 1.88 bits per heavy atom. The van der Waals surface area contributed by atoms with E-state index in [0.717, 1.165) is 18.9 Å². The Morgan fingerprint density at radius 1 is 1.16 bits per heavy atom. The van der Waals surface area contributed by atoms with Crippen molar-refractivity contribution in [3.05, 3.63) is 64.6 Å². The van der Waals surface area contributed by atoms with Gasteiger partial charge in [0.1, 0.15) is 11.5 Å². The molecule has 3 N–H and O–H groups in total. The van der Waals surface area contributed by atoms with E-state index in [9.17, 15) is 22.4 Å². The maximum absolute atomic E-state index is 14.1.